The van der Waals surface area contributed by atoms with Gasteiger partial charge in [-0.2, -0.15) is 0 Å². The molecule has 2 amide bonds. The lowest BCUT2D eigenvalue weighted by molar-refractivity contribution is -0.125. The van der Waals surface area contributed by atoms with Crippen LogP contribution in [-0.4, -0.2) is 51.7 Å². The Labute approximate surface area is 242 Å². The quantitative estimate of drug-likeness (QED) is 0.346. The Kier molecular flexibility index (Phi) is 8.30. The number of hydrogen-bond donors (Lipinski definition) is 3. The van der Waals surface area contributed by atoms with Crippen LogP contribution < -0.4 is 20.3 Å². The number of amidine groups is 1. The first-order valence-corrected chi connectivity index (χ1v) is 15.1. The van der Waals surface area contributed by atoms with E-state index in [1.54, 1.807) is 30.3 Å². The van der Waals surface area contributed by atoms with Crippen LogP contribution in [0.3, 0.4) is 0 Å². The number of para-hydroxylation sites is 2. The number of sulfonamides is 1. The highest BCUT2D eigenvalue weighted by Crippen LogP contribution is 2.36. The second kappa shape index (κ2) is 11.9. The third kappa shape index (κ3) is 6.24. The first-order chi connectivity index (χ1) is 19.2. The van der Waals surface area contributed by atoms with Gasteiger partial charge in [-0.05, 0) is 41.8 Å². The van der Waals surface area contributed by atoms with Crippen LogP contribution in [0.15, 0.2) is 71.7 Å². The summed E-state index contributed by atoms with van der Waals surface area (Å²) in [6.45, 7) is 1.93. The van der Waals surface area contributed by atoms with Crippen LogP contribution in [0, 0.1) is 0 Å². The summed E-state index contributed by atoms with van der Waals surface area (Å²) in [4.78, 5) is 30.4. The van der Waals surface area contributed by atoms with Crippen LogP contribution in [0.1, 0.15) is 23.1 Å². The zero-order valence-corrected chi connectivity index (χ0v) is 23.7. The molecule has 3 N–H and O–H groups in total. The summed E-state index contributed by atoms with van der Waals surface area (Å²) >= 11 is 12.1. The van der Waals surface area contributed by atoms with E-state index in [2.05, 4.69) is 20.9 Å². The van der Waals surface area contributed by atoms with E-state index < -0.39 is 33.6 Å². The van der Waals surface area contributed by atoms with E-state index in [0.29, 0.717) is 34.9 Å². The van der Waals surface area contributed by atoms with Crippen LogP contribution >= 0.6 is 23.2 Å². The molecular weight excluding hydrogens is 573 g/mol. The summed E-state index contributed by atoms with van der Waals surface area (Å²) in [5.74, 6) is -0.562. The number of benzene rings is 3. The van der Waals surface area contributed by atoms with Crippen molar-refractivity contribution in [2.45, 2.75) is 24.6 Å². The lowest BCUT2D eigenvalue weighted by Gasteiger charge is -2.36. The Balaban J connectivity index is 1.28. The summed E-state index contributed by atoms with van der Waals surface area (Å²) in [7, 11) is -4.11. The number of hydrogen-bond acceptors (Lipinski definition) is 6. The second-order valence-corrected chi connectivity index (χ2v) is 12.1. The maximum absolute atomic E-state index is 13.7. The van der Waals surface area contributed by atoms with Crippen LogP contribution in [-0.2, 0) is 31.8 Å². The molecule has 0 aliphatic carbocycles. The average Bonchev–Trinajstić information content (AvgIpc) is 3.46. The molecule has 208 valence electrons. The molecule has 40 heavy (non-hydrogen) atoms. The van der Waals surface area contributed by atoms with Gasteiger partial charge in [0.05, 0.1) is 40.1 Å². The predicted molar refractivity (Wildman–Crippen MR) is 158 cm³/mol. The van der Waals surface area contributed by atoms with Crippen molar-refractivity contribution >= 4 is 62.2 Å². The largest absolute Gasteiger partial charge is 0.368 e. The highest BCUT2D eigenvalue weighted by molar-refractivity contribution is 7.92. The van der Waals surface area contributed by atoms with Crippen LogP contribution in [0.25, 0.3) is 0 Å². The average molecular weight is 601 g/mol. The van der Waals surface area contributed by atoms with E-state index in [9.17, 15) is 18.0 Å². The van der Waals surface area contributed by atoms with Crippen molar-refractivity contribution in [1.29, 1.82) is 0 Å². The van der Waals surface area contributed by atoms with Crippen LogP contribution in [0.4, 0.5) is 11.4 Å². The lowest BCUT2D eigenvalue weighted by Crippen LogP contribution is -2.53. The smallest absolute Gasteiger partial charge is 0.248 e. The number of amides is 2. The van der Waals surface area contributed by atoms with Crippen molar-refractivity contribution in [3.05, 3.63) is 93.5 Å². The molecule has 0 saturated carbocycles. The number of carbonyl (C=O) groups excluding carboxylic acids is 2. The Morgan fingerprint density at radius 2 is 1.77 bits per heavy atom. The van der Waals surface area contributed by atoms with Crippen LogP contribution in [0.2, 0.25) is 10.0 Å². The first kappa shape index (κ1) is 27.9. The van der Waals surface area contributed by atoms with E-state index in [0.717, 1.165) is 34.4 Å². The van der Waals surface area contributed by atoms with Crippen molar-refractivity contribution in [2.24, 2.45) is 4.99 Å². The van der Waals surface area contributed by atoms with Gasteiger partial charge in [0.2, 0.25) is 21.8 Å². The number of halogens is 2. The van der Waals surface area contributed by atoms with Gasteiger partial charge in [-0.1, -0.05) is 65.7 Å². The molecule has 3 aromatic carbocycles. The molecule has 1 atom stereocenters. The maximum Gasteiger partial charge on any atom is 0.248 e. The number of aliphatic imine (C=N–C) groups is 1. The number of nitrogens with one attached hydrogen (secondary N) is 3. The molecule has 0 bridgehead atoms. The normalized spacial score (nSPS) is 16.6. The molecule has 0 fully saturated rings. The topological polar surface area (TPSA) is 120 Å². The van der Waals surface area contributed by atoms with Gasteiger partial charge in [0.25, 0.3) is 0 Å². The molecule has 12 heteroatoms. The molecule has 0 radical (unpaired) electrons. The van der Waals surface area contributed by atoms with Gasteiger partial charge in [-0.3, -0.25) is 18.9 Å². The van der Waals surface area contributed by atoms with E-state index in [1.807, 2.05) is 24.3 Å². The molecule has 5 rings (SSSR count). The molecule has 0 spiro atoms. The van der Waals surface area contributed by atoms with Crippen molar-refractivity contribution in [2.75, 3.05) is 29.3 Å². The van der Waals surface area contributed by atoms with Gasteiger partial charge in [0, 0.05) is 18.7 Å². The second-order valence-electron chi connectivity index (χ2n) is 9.48. The molecule has 2 heterocycles. The molecule has 0 aromatic heterocycles. The number of rotatable bonds is 9. The minimum Gasteiger partial charge on any atom is -0.368 e. The van der Waals surface area contributed by atoms with Gasteiger partial charge in [0.15, 0.2) is 0 Å². The van der Waals surface area contributed by atoms with Gasteiger partial charge in [0.1, 0.15) is 11.9 Å². The van der Waals surface area contributed by atoms with Gasteiger partial charge in [-0.25, -0.2) is 8.42 Å². The Bertz CT molecular complexity index is 1580. The van der Waals surface area contributed by atoms with Crippen molar-refractivity contribution < 1.29 is 18.0 Å². The summed E-state index contributed by atoms with van der Waals surface area (Å²) < 4.78 is 28.4. The zero-order chi connectivity index (χ0) is 28.3. The van der Waals surface area contributed by atoms with Crippen molar-refractivity contribution in [3.63, 3.8) is 0 Å². The minimum atomic E-state index is -4.11. The third-order valence-electron chi connectivity index (χ3n) is 6.63. The van der Waals surface area contributed by atoms with E-state index in [-0.39, 0.29) is 11.4 Å². The van der Waals surface area contributed by atoms with E-state index in [1.165, 1.54) is 12.1 Å². The van der Waals surface area contributed by atoms with Crippen molar-refractivity contribution in [3.8, 4) is 0 Å². The molecular formula is C28H27Cl2N5O4S. The third-order valence-corrected chi connectivity index (χ3v) is 9.12. The highest BCUT2D eigenvalue weighted by atomic mass is 35.5. The fourth-order valence-electron chi connectivity index (χ4n) is 4.71. The zero-order valence-electron chi connectivity index (χ0n) is 21.4. The minimum absolute atomic E-state index is 0.223. The standard InChI is InChI=1S/C28H27Cl2N5O4S/c29-21-10-7-19(15-22(21)30)17-40(38,39)35-24-4-2-1-3-23(24)34-28(37)25(35)16-26(36)31-12-11-18-5-8-20(9-6-18)27-32-13-14-33-27/h1-10,15,25H,11-14,16-17H2,(H,31,36)(H,32,33)(H,34,37)/t25-/m1/s1. The molecule has 0 unspecified atom stereocenters. The molecule has 0 saturated heterocycles. The summed E-state index contributed by atoms with van der Waals surface area (Å²) in [6.07, 6.45) is 0.232. The SMILES string of the molecule is O=C(C[C@@H]1C(=O)Nc2ccccc2N1S(=O)(=O)Cc1ccc(Cl)c(Cl)c1)NCCc1ccc(C2=NCCN2)cc1. The van der Waals surface area contributed by atoms with Gasteiger partial charge < -0.3 is 16.0 Å². The fraction of sp³-hybridized carbons (Fsp3) is 0.250. The molecule has 3 aromatic rings. The Morgan fingerprint density at radius 1 is 1.02 bits per heavy atom. The first-order valence-electron chi connectivity index (χ1n) is 12.7. The monoisotopic (exact) mass is 599 g/mol. The van der Waals surface area contributed by atoms with Gasteiger partial charge in [-0.15, -0.1) is 0 Å². The lowest BCUT2D eigenvalue weighted by atomic mass is 10.1. The predicted octanol–water partition coefficient (Wildman–Crippen LogP) is 3.75. The summed E-state index contributed by atoms with van der Waals surface area (Å²) in [5, 5.41) is 9.31. The number of carbonyl (C=O) groups is 2. The fourth-order valence-corrected chi connectivity index (χ4v) is 6.78. The molecule has 9 nitrogen and oxygen atoms in total. The summed E-state index contributed by atoms with van der Waals surface area (Å²) in [6, 6.07) is 17.8. The highest BCUT2D eigenvalue weighted by Gasteiger charge is 2.41. The summed E-state index contributed by atoms with van der Waals surface area (Å²) in [5.41, 5.74) is 3.09. The molecule has 2 aliphatic heterocycles. The molecule has 2 aliphatic rings. The van der Waals surface area contributed by atoms with Crippen LogP contribution in [0.5, 0.6) is 0 Å². The number of fused-ring (bicyclic) bond motifs is 1. The van der Waals surface area contributed by atoms with E-state index >= 15 is 0 Å². The van der Waals surface area contributed by atoms with E-state index in [4.69, 9.17) is 23.2 Å². The Morgan fingerprint density at radius 3 is 2.50 bits per heavy atom. The van der Waals surface area contributed by atoms with Gasteiger partial charge >= 0.3 is 0 Å². The Hall–Kier alpha value is -3.60. The number of anilines is 2. The number of nitrogens with zero attached hydrogens (tertiary/aromatic N) is 2. The van der Waals surface area contributed by atoms with Crippen molar-refractivity contribution in [1.82, 2.24) is 10.6 Å². The maximum atomic E-state index is 13.7.